The number of nitrogens with zero attached hydrogens (tertiary/aromatic N) is 1. The fraction of sp³-hybridized carbons (Fsp3) is 0.308. The third-order valence-electron chi connectivity index (χ3n) is 2.82. The van der Waals surface area contributed by atoms with Gasteiger partial charge in [-0.15, -0.1) is 0 Å². The van der Waals surface area contributed by atoms with Crippen molar-refractivity contribution >= 4 is 0 Å². The molecule has 1 aromatic carbocycles. The maximum absolute atomic E-state index is 4.31. The van der Waals surface area contributed by atoms with Gasteiger partial charge in [-0.1, -0.05) is 23.8 Å². The summed E-state index contributed by atoms with van der Waals surface area (Å²) >= 11 is 0. The highest BCUT2D eigenvalue weighted by atomic mass is 15.0. The van der Waals surface area contributed by atoms with Crippen LogP contribution in [0.25, 0.3) is 0 Å². The molecule has 1 heterocycles. The molecule has 1 atom stereocenters. The fourth-order valence-corrected chi connectivity index (χ4v) is 2.02. The van der Waals surface area contributed by atoms with Crippen molar-refractivity contribution in [3.63, 3.8) is 0 Å². The Hall–Kier alpha value is -1.61. The lowest BCUT2D eigenvalue weighted by molar-refractivity contribution is 0.651. The number of rotatable bonds is 3. The SMILES string of the molecule is CNC(c1ncc[nH]1)c1ccc(C)cc1C. The average molecular weight is 215 g/mol. The summed E-state index contributed by atoms with van der Waals surface area (Å²) in [5.74, 6) is 0.953. The highest BCUT2D eigenvalue weighted by Gasteiger charge is 2.15. The molecule has 2 N–H and O–H groups in total. The van der Waals surface area contributed by atoms with Gasteiger partial charge in [-0.25, -0.2) is 4.98 Å². The number of H-pyrrole nitrogens is 1. The minimum Gasteiger partial charge on any atom is -0.347 e. The van der Waals surface area contributed by atoms with E-state index >= 15 is 0 Å². The smallest absolute Gasteiger partial charge is 0.127 e. The van der Waals surface area contributed by atoms with Crippen LogP contribution in [-0.2, 0) is 0 Å². The normalized spacial score (nSPS) is 12.7. The van der Waals surface area contributed by atoms with Gasteiger partial charge in [0, 0.05) is 12.4 Å². The number of aromatic nitrogens is 2. The topological polar surface area (TPSA) is 40.7 Å². The second kappa shape index (κ2) is 4.49. The first-order chi connectivity index (χ1) is 7.72. The van der Waals surface area contributed by atoms with E-state index in [0.29, 0.717) is 0 Å². The van der Waals surface area contributed by atoms with Crippen molar-refractivity contribution in [3.05, 3.63) is 53.1 Å². The van der Waals surface area contributed by atoms with E-state index in [1.54, 1.807) is 6.20 Å². The predicted molar refractivity (Wildman–Crippen MR) is 65.4 cm³/mol. The van der Waals surface area contributed by atoms with E-state index in [0.717, 1.165) is 5.82 Å². The van der Waals surface area contributed by atoms with Gasteiger partial charge in [0.25, 0.3) is 0 Å². The van der Waals surface area contributed by atoms with Crippen LogP contribution < -0.4 is 5.32 Å². The Labute approximate surface area is 95.9 Å². The molecular weight excluding hydrogens is 198 g/mol. The Morgan fingerprint density at radius 3 is 2.69 bits per heavy atom. The summed E-state index contributed by atoms with van der Waals surface area (Å²) in [5, 5.41) is 3.29. The third-order valence-corrected chi connectivity index (χ3v) is 2.82. The van der Waals surface area contributed by atoms with Crippen molar-refractivity contribution in [1.29, 1.82) is 0 Å². The fourth-order valence-electron chi connectivity index (χ4n) is 2.02. The van der Waals surface area contributed by atoms with Gasteiger partial charge in [-0.05, 0) is 32.0 Å². The summed E-state index contributed by atoms with van der Waals surface area (Å²) < 4.78 is 0. The summed E-state index contributed by atoms with van der Waals surface area (Å²) in [5.41, 5.74) is 3.84. The van der Waals surface area contributed by atoms with Crippen LogP contribution in [0.4, 0.5) is 0 Å². The van der Waals surface area contributed by atoms with Gasteiger partial charge in [-0.2, -0.15) is 0 Å². The van der Waals surface area contributed by atoms with Crippen LogP contribution in [0.3, 0.4) is 0 Å². The minimum atomic E-state index is 0.135. The molecule has 3 nitrogen and oxygen atoms in total. The lowest BCUT2D eigenvalue weighted by atomic mass is 9.99. The largest absolute Gasteiger partial charge is 0.347 e. The van der Waals surface area contributed by atoms with E-state index in [-0.39, 0.29) is 6.04 Å². The average Bonchev–Trinajstić information content (AvgIpc) is 2.75. The number of nitrogens with one attached hydrogen (secondary N) is 2. The summed E-state index contributed by atoms with van der Waals surface area (Å²) in [4.78, 5) is 7.46. The zero-order valence-corrected chi connectivity index (χ0v) is 9.91. The number of aromatic amines is 1. The summed E-state index contributed by atoms with van der Waals surface area (Å²) in [6.07, 6.45) is 3.63. The molecule has 0 aliphatic carbocycles. The molecule has 0 aliphatic rings. The highest BCUT2D eigenvalue weighted by Crippen LogP contribution is 2.22. The van der Waals surface area contributed by atoms with Crippen molar-refractivity contribution in [2.75, 3.05) is 7.05 Å². The second-order valence-corrected chi connectivity index (χ2v) is 4.06. The molecule has 2 aromatic rings. The number of benzene rings is 1. The molecule has 1 aromatic heterocycles. The van der Waals surface area contributed by atoms with Gasteiger partial charge in [0.05, 0.1) is 6.04 Å². The molecule has 0 fully saturated rings. The number of imidazole rings is 1. The lowest BCUT2D eigenvalue weighted by Gasteiger charge is -2.17. The zero-order chi connectivity index (χ0) is 11.5. The van der Waals surface area contributed by atoms with Gasteiger partial charge in [0.15, 0.2) is 0 Å². The molecule has 1 unspecified atom stereocenters. The Bertz CT molecular complexity index is 460. The molecular formula is C13H17N3. The van der Waals surface area contributed by atoms with Crippen LogP contribution in [0.2, 0.25) is 0 Å². The van der Waals surface area contributed by atoms with Crippen molar-refractivity contribution in [2.24, 2.45) is 0 Å². The van der Waals surface area contributed by atoms with Crippen LogP contribution >= 0.6 is 0 Å². The van der Waals surface area contributed by atoms with Gasteiger partial charge < -0.3 is 10.3 Å². The van der Waals surface area contributed by atoms with Gasteiger partial charge >= 0.3 is 0 Å². The molecule has 16 heavy (non-hydrogen) atoms. The van der Waals surface area contributed by atoms with E-state index in [4.69, 9.17) is 0 Å². The molecule has 0 bridgehead atoms. The van der Waals surface area contributed by atoms with E-state index in [2.05, 4.69) is 47.3 Å². The molecule has 2 rings (SSSR count). The number of aryl methyl sites for hydroxylation is 2. The molecule has 0 amide bonds. The first-order valence-electron chi connectivity index (χ1n) is 5.46. The summed E-state index contributed by atoms with van der Waals surface area (Å²) in [6, 6.07) is 6.63. The summed E-state index contributed by atoms with van der Waals surface area (Å²) in [7, 11) is 1.95. The Kier molecular flexibility index (Phi) is 3.06. The predicted octanol–water partition coefficient (Wildman–Crippen LogP) is 2.34. The molecule has 0 saturated carbocycles. The Morgan fingerprint density at radius 2 is 2.12 bits per heavy atom. The maximum Gasteiger partial charge on any atom is 0.127 e. The van der Waals surface area contributed by atoms with Crippen molar-refractivity contribution < 1.29 is 0 Å². The monoisotopic (exact) mass is 215 g/mol. The first kappa shape index (κ1) is 10.9. The van der Waals surface area contributed by atoms with E-state index in [1.165, 1.54) is 16.7 Å². The third kappa shape index (κ3) is 1.99. The molecule has 3 heteroatoms. The number of hydrogen-bond acceptors (Lipinski definition) is 2. The first-order valence-corrected chi connectivity index (χ1v) is 5.46. The zero-order valence-electron chi connectivity index (χ0n) is 9.91. The lowest BCUT2D eigenvalue weighted by Crippen LogP contribution is -2.20. The Morgan fingerprint density at radius 1 is 1.31 bits per heavy atom. The molecule has 0 radical (unpaired) electrons. The number of hydrogen-bond donors (Lipinski definition) is 2. The van der Waals surface area contributed by atoms with E-state index < -0.39 is 0 Å². The van der Waals surface area contributed by atoms with Crippen LogP contribution in [0.5, 0.6) is 0 Å². The van der Waals surface area contributed by atoms with Crippen LogP contribution in [0.1, 0.15) is 28.6 Å². The van der Waals surface area contributed by atoms with Gasteiger partial charge in [0.2, 0.25) is 0 Å². The molecule has 84 valence electrons. The van der Waals surface area contributed by atoms with Gasteiger partial charge in [-0.3, -0.25) is 0 Å². The molecule has 0 spiro atoms. The molecule has 0 saturated heterocycles. The summed E-state index contributed by atoms with van der Waals surface area (Å²) in [6.45, 7) is 4.24. The van der Waals surface area contributed by atoms with Gasteiger partial charge in [0.1, 0.15) is 5.82 Å². The molecule has 0 aliphatic heterocycles. The maximum atomic E-state index is 4.31. The van der Waals surface area contributed by atoms with Crippen molar-refractivity contribution in [2.45, 2.75) is 19.9 Å². The van der Waals surface area contributed by atoms with E-state index in [1.807, 2.05) is 13.2 Å². The highest BCUT2D eigenvalue weighted by molar-refractivity contribution is 5.35. The second-order valence-electron chi connectivity index (χ2n) is 4.06. The Balaban J connectivity index is 2.41. The van der Waals surface area contributed by atoms with Crippen LogP contribution in [-0.4, -0.2) is 17.0 Å². The van der Waals surface area contributed by atoms with Crippen molar-refractivity contribution in [3.8, 4) is 0 Å². The van der Waals surface area contributed by atoms with E-state index in [9.17, 15) is 0 Å². The van der Waals surface area contributed by atoms with Crippen LogP contribution in [0, 0.1) is 13.8 Å². The minimum absolute atomic E-state index is 0.135. The van der Waals surface area contributed by atoms with Crippen LogP contribution in [0.15, 0.2) is 30.6 Å². The standard InChI is InChI=1S/C13H17N3/c1-9-4-5-11(10(2)8-9)12(14-3)13-15-6-7-16-13/h4-8,12,14H,1-3H3,(H,15,16). The van der Waals surface area contributed by atoms with Crippen molar-refractivity contribution in [1.82, 2.24) is 15.3 Å². The quantitative estimate of drug-likeness (QED) is 0.825.